The van der Waals surface area contributed by atoms with Gasteiger partial charge >= 0.3 is 12.2 Å². The van der Waals surface area contributed by atoms with E-state index in [1.807, 2.05) is 13.8 Å². The molecule has 0 spiro atoms. The second-order valence-electron chi connectivity index (χ2n) is 16.2. The summed E-state index contributed by atoms with van der Waals surface area (Å²) < 4.78 is 29.1. The number of Topliss-reactive ketones (excluding diaryl/α,β-unsaturated/α-hetero) is 2. The number of aromatic nitrogens is 2. The van der Waals surface area contributed by atoms with Gasteiger partial charge in [-0.15, -0.1) is 0 Å². The van der Waals surface area contributed by atoms with Crippen LogP contribution in [0.3, 0.4) is 0 Å². The van der Waals surface area contributed by atoms with E-state index in [0.29, 0.717) is 23.3 Å². The highest BCUT2D eigenvalue weighted by atomic mass is 79.9. The lowest BCUT2D eigenvalue weighted by Gasteiger charge is -2.49. The van der Waals surface area contributed by atoms with Crippen LogP contribution in [-0.2, 0) is 20.7 Å². The number of ketones is 2. The number of pyridine rings is 1. The van der Waals surface area contributed by atoms with Crippen molar-refractivity contribution in [3.8, 4) is 11.6 Å². The van der Waals surface area contributed by atoms with Gasteiger partial charge in [0.25, 0.3) is 5.88 Å². The van der Waals surface area contributed by atoms with Crippen molar-refractivity contribution >= 4 is 51.3 Å². The van der Waals surface area contributed by atoms with Crippen molar-refractivity contribution < 1.29 is 52.9 Å². The highest BCUT2D eigenvalue weighted by Crippen LogP contribution is 2.57. The summed E-state index contributed by atoms with van der Waals surface area (Å²) in [5.41, 5.74) is -4.59. The lowest BCUT2D eigenvalue weighted by atomic mass is 9.57. The van der Waals surface area contributed by atoms with E-state index >= 15 is 0 Å². The zero-order chi connectivity index (χ0) is 40.1. The summed E-state index contributed by atoms with van der Waals surface area (Å²) in [5.74, 6) is -4.62. The second-order valence-corrected chi connectivity index (χ2v) is 16.9. The van der Waals surface area contributed by atoms with Crippen molar-refractivity contribution in [2.45, 2.75) is 117 Å². The molecule has 1 fully saturated rings. The number of unbranched alkanes of at least 4 members (excludes halogenated alkanes) is 2. The van der Waals surface area contributed by atoms with Crippen molar-refractivity contribution in [3.05, 3.63) is 32.6 Å². The number of hydrogen-bond donors (Lipinski definition) is 2. The molecule has 0 saturated heterocycles. The van der Waals surface area contributed by atoms with Crippen LogP contribution in [0.2, 0.25) is 0 Å². The fourth-order valence-electron chi connectivity index (χ4n) is 7.20. The topological polar surface area (TPSA) is 191 Å². The van der Waals surface area contributed by atoms with Gasteiger partial charge in [0.1, 0.15) is 27.1 Å². The highest BCUT2D eigenvalue weighted by molar-refractivity contribution is 9.10. The Morgan fingerprint density at radius 3 is 2.06 bits per heavy atom. The minimum absolute atomic E-state index is 0.0246. The van der Waals surface area contributed by atoms with Crippen molar-refractivity contribution in [1.29, 1.82) is 0 Å². The number of carbonyl (C=O) groups excluding carboxylic acids is 4. The molecule has 2 aromatic heterocycles. The summed E-state index contributed by atoms with van der Waals surface area (Å²) in [6, 6.07) is -0.749. The molecule has 15 nitrogen and oxygen atoms in total. The van der Waals surface area contributed by atoms with Gasteiger partial charge in [-0.05, 0) is 108 Å². The Bertz CT molecular complexity index is 1830. The number of rotatable bonds is 10. The molecule has 0 unspecified atom stereocenters. The fourth-order valence-corrected chi connectivity index (χ4v) is 7.73. The molecule has 2 amide bonds. The van der Waals surface area contributed by atoms with Crippen LogP contribution in [-0.4, -0.2) is 93.1 Å². The first kappa shape index (κ1) is 41.1. The number of ether oxygens (including phenoxy) is 4. The molecule has 2 aromatic rings. The van der Waals surface area contributed by atoms with Gasteiger partial charge in [0.2, 0.25) is 11.6 Å². The number of hydrogen-bond acceptors (Lipinski definition) is 14. The molecular weight excluding hydrogens is 768 g/mol. The van der Waals surface area contributed by atoms with E-state index in [0.717, 1.165) is 12.8 Å². The predicted molar refractivity (Wildman–Crippen MR) is 200 cm³/mol. The number of aliphatic hydroxyl groups excluding tert-OH is 1. The summed E-state index contributed by atoms with van der Waals surface area (Å²) in [4.78, 5) is 63.7. The minimum atomic E-state index is -2.62. The average Bonchev–Trinajstić information content (AvgIpc) is 3.46. The van der Waals surface area contributed by atoms with E-state index < -0.39 is 64.2 Å². The number of aliphatic hydroxyl groups is 2. The van der Waals surface area contributed by atoms with Crippen LogP contribution < -0.4 is 14.4 Å². The standard InChI is InChI=1S/C38H51BrN4O11/c1-11-13-15-50-28-23-20(31(39)40-32(28)43(34(47)52-36(3,4)5)35(48)53-37(6,7)8)17-19-18-21-25(42(9)10)27-24(33(41-54-27)51-16-14-12-2)30(46)38(21,49)29(45)22(19)26(23)44/h19,21,25,44,49H,11-18H2,1-10H3/t19-,21-,25-,38-/m0/s1. The molecule has 0 radical (unpaired) electrons. The van der Waals surface area contributed by atoms with E-state index in [-0.39, 0.29) is 70.6 Å². The third-order valence-corrected chi connectivity index (χ3v) is 10.2. The number of fused-ring (bicyclic) bond motifs is 4. The molecule has 0 aromatic carbocycles. The molecule has 0 bridgehead atoms. The van der Waals surface area contributed by atoms with Gasteiger partial charge in [-0.1, -0.05) is 26.7 Å². The Kier molecular flexibility index (Phi) is 11.6. The minimum Gasteiger partial charge on any atom is -0.507 e. The molecule has 3 aliphatic rings. The van der Waals surface area contributed by atoms with Gasteiger partial charge in [-0.25, -0.2) is 14.6 Å². The van der Waals surface area contributed by atoms with Gasteiger partial charge in [-0.2, -0.15) is 4.90 Å². The normalized spacial score (nSPS) is 22.3. The maximum atomic E-state index is 14.8. The number of halogens is 1. The molecular formula is C38H51BrN4O11. The molecule has 54 heavy (non-hydrogen) atoms. The molecule has 3 aliphatic carbocycles. The summed E-state index contributed by atoms with van der Waals surface area (Å²) >= 11 is 3.51. The highest BCUT2D eigenvalue weighted by Gasteiger charge is 2.65. The average molecular weight is 820 g/mol. The Hall–Kier alpha value is -4.02. The van der Waals surface area contributed by atoms with E-state index in [2.05, 4.69) is 26.1 Å². The fraction of sp³-hybridized carbons (Fsp3) is 0.632. The van der Waals surface area contributed by atoms with Crippen molar-refractivity contribution in [1.82, 2.24) is 15.0 Å². The second kappa shape index (κ2) is 15.3. The largest absolute Gasteiger partial charge is 0.507 e. The lowest BCUT2D eigenvalue weighted by molar-refractivity contribution is -0.142. The first-order chi connectivity index (χ1) is 25.2. The number of anilines is 1. The smallest absolute Gasteiger partial charge is 0.425 e. The molecule has 0 aliphatic heterocycles. The Morgan fingerprint density at radius 2 is 1.52 bits per heavy atom. The maximum Gasteiger partial charge on any atom is 0.425 e. The molecule has 1 saturated carbocycles. The molecule has 2 heterocycles. The van der Waals surface area contributed by atoms with E-state index in [9.17, 15) is 29.4 Å². The molecule has 4 atom stereocenters. The van der Waals surface area contributed by atoms with E-state index in [4.69, 9.17) is 23.5 Å². The quantitative estimate of drug-likeness (QED) is 0.140. The third kappa shape index (κ3) is 7.48. The Morgan fingerprint density at radius 1 is 0.944 bits per heavy atom. The number of nitrogens with zero attached hydrogens (tertiary/aromatic N) is 4. The van der Waals surface area contributed by atoms with Gasteiger partial charge in [0.05, 0.1) is 24.8 Å². The Labute approximate surface area is 323 Å². The predicted octanol–water partition coefficient (Wildman–Crippen LogP) is 7.13. The van der Waals surface area contributed by atoms with Crippen LogP contribution in [0.4, 0.5) is 15.4 Å². The zero-order valence-corrected chi connectivity index (χ0v) is 34.2. The monoisotopic (exact) mass is 818 g/mol. The third-order valence-electron chi connectivity index (χ3n) is 9.51. The zero-order valence-electron chi connectivity index (χ0n) is 32.6. The van der Waals surface area contributed by atoms with Crippen LogP contribution in [0.15, 0.2) is 14.7 Å². The van der Waals surface area contributed by atoms with Crippen LogP contribution in [0.25, 0.3) is 5.76 Å². The number of imide groups is 1. The van der Waals surface area contributed by atoms with E-state index in [1.54, 1.807) is 60.5 Å². The van der Waals surface area contributed by atoms with Crippen LogP contribution in [0.5, 0.6) is 11.6 Å². The van der Waals surface area contributed by atoms with Crippen LogP contribution in [0, 0.1) is 11.8 Å². The van der Waals surface area contributed by atoms with Gasteiger partial charge < -0.3 is 33.7 Å². The Balaban J connectivity index is 1.72. The summed E-state index contributed by atoms with van der Waals surface area (Å²) in [7, 11) is 3.49. The summed E-state index contributed by atoms with van der Waals surface area (Å²) in [6.45, 7) is 14.0. The first-order valence-corrected chi connectivity index (χ1v) is 19.1. The lowest BCUT2D eigenvalue weighted by Crippen LogP contribution is -2.63. The number of carbonyl (C=O) groups is 4. The van der Waals surface area contributed by atoms with Crippen molar-refractivity contribution in [2.75, 3.05) is 32.2 Å². The maximum absolute atomic E-state index is 14.8. The van der Waals surface area contributed by atoms with Crippen LogP contribution >= 0.6 is 15.9 Å². The van der Waals surface area contributed by atoms with Crippen molar-refractivity contribution in [2.24, 2.45) is 11.8 Å². The van der Waals surface area contributed by atoms with Gasteiger partial charge in [0, 0.05) is 17.1 Å². The van der Waals surface area contributed by atoms with Gasteiger partial charge in [-0.3, -0.25) is 14.5 Å². The first-order valence-electron chi connectivity index (χ1n) is 18.3. The SMILES string of the molecule is CCCCOc1noc2c1C(=O)[C@@]1(O)C(=O)C3=C(O)c4c(c(Br)nc(N(C(=O)OC(C)(C)C)C(=O)OC(C)(C)C)c4OCCCC)C[C@H]3C[C@H]1[C@@H]2N(C)C. The molecule has 5 rings (SSSR count). The molecule has 16 heteroatoms. The summed E-state index contributed by atoms with van der Waals surface area (Å²) in [6.07, 6.45) is 0.730. The molecule has 296 valence electrons. The van der Waals surface area contributed by atoms with Crippen molar-refractivity contribution in [3.63, 3.8) is 0 Å². The summed E-state index contributed by atoms with van der Waals surface area (Å²) in [5, 5.41) is 28.7. The number of amides is 2. The van der Waals surface area contributed by atoms with Crippen LogP contribution in [0.1, 0.15) is 121 Å². The van der Waals surface area contributed by atoms with E-state index in [1.165, 1.54) is 0 Å². The molecule has 2 N–H and O–H groups in total. The van der Waals surface area contributed by atoms with Gasteiger partial charge in [0.15, 0.2) is 22.9 Å².